The smallest absolute Gasteiger partial charge is 0.137 e. The van der Waals surface area contributed by atoms with Gasteiger partial charge in [-0.05, 0) is 24.0 Å². The van der Waals surface area contributed by atoms with Crippen molar-refractivity contribution in [2.45, 2.75) is 18.7 Å². The molecule has 0 radical (unpaired) electrons. The second-order valence-electron chi connectivity index (χ2n) is 3.89. The van der Waals surface area contributed by atoms with Gasteiger partial charge in [0.05, 0.1) is 0 Å². The van der Waals surface area contributed by atoms with Crippen LogP contribution in [-0.2, 0) is 6.54 Å². The number of hydrogen-bond acceptors (Lipinski definition) is 3. The molecule has 0 saturated heterocycles. The zero-order valence-corrected chi connectivity index (χ0v) is 10.5. The molecule has 2 heterocycles. The molecule has 2 rings (SSSR count). The van der Waals surface area contributed by atoms with Crippen LogP contribution in [0.3, 0.4) is 0 Å². The number of thioether (sulfide) groups is 1. The summed E-state index contributed by atoms with van der Waals surface area (Å²) in [5, 5.41) is 5.33. The minimum atomic E-state index is 0.656. The average molecular weight is 235 g/mol. The maximum absolute atomic E-state index is 4.27. The normalized spacial score (nSPS) is 13.1. The summed E-state index contributed by atoms with van der Waals surface area (Å²) < 4.78 is 0. The predicted molar refractivity (Wildman–Crippen MR) is 70.8 cm³/mol. The maximum atomic E-state index is 4.27. The lowest BCUT2D eigenvalue weighted by molar-refractivity contribution is 0.687. The van der Waals surface area contributed by atoms with E-state index in [9.17, 15) is 0 Å². The van der Waals surface area contributed by atoms with E-state index >= 15 is 0 Å². The molecule has 1 atom stereocenters. The largest absolute Gasteiger partial charge is 0.346 e. The first-order valence-corrected chi connectivity index (χ1v) is 6.74. The van der Waals surface area contributed by atoms with Crippen LogP contribution in [-0.4, -0.2) is 28.0 Å². The van der Waals surface area contributed by atoms with Crippen LogP contribution in [0.15, 0.2) is 24.5 Å². The van der Waals surface area contributed by atoms with E-state index in [-0.39, 0.29) is 0 Å². The number of fused-ring (bicyclic) bond motifs is 1. The number of nitrogens with one attached hydrogen (secondary N) is 2. The van der Waals surface area contributed by atoms with Crippen molar-refractivity contribution in [3.8, 4) is 0 Å². The van der Waals surface area contributed by atoms with Crippen molar-refractivity contribution in [1.82, 2.24) is 15.3 Å². The van der Waals surface area contributed by atoms with Gasteiger partial charge in [-0.2, -0.15) is 11.8 Å². The zero-order chi connectivity index (χ0) is 11.4. The average Bonchev–Trinajstić information content (AvgIpc) is 2.73. The number of nitrogens with zero attached hydrogens (tertiary/aromatic N) is 1. The molecular weight excluding hydrogens is 218 g/mol. The number of H-pyrrole nitrogens is 1. The molecule has 0 aliphatic carbocycles. The van der Waals surface area contributed by atoms with Gasteiger partial charge < -0.3 is 10.3 Å². The first kappa shape index (κ1) is 11.5. The molecule has 0 saturated carbocycles. The van der Waals surface area contributed by atoms with Gasteiger partial charge >= 0.3 is 0 Å². The molecule has 4 heteroatoms. The van der Waals surface area contributed by atoms with Gasteiger partial charge in [-0.1, -0.05) is 6.92 Å². The van der Waals surface area contributed by atoms with E-state index in [1.165, 1.54) is 10.9 Å². The second kappa shape index (κ2) is 5.37. The van der Waals surface area contributed by atoms with E-state index < -0.39 is 0 Å². The highest BCUT2D eigenvalue weighted by Crippen LogP contribution is 2.15. The highest BCUT2D eigenvalue weighted by Gasteiger charge is 2.04. The monoisotopic (exact) mass is 235 g/mol. The fourth-order valence-electron chi connectivity index (χ4n) is 1.65. The van der Waals surface area contributed by atoms with Crippen molar-refractivity contribution in [1.29, 1.82) is 0 Å². The van der Waals surface area contributed by atoms with Gasteiger partial charge in [0.25, 0.3) is 0 Å². The lowest BCUT2D eigenvalue weighted by atomic mass is 10.2. The van der Waals surface area contributed by atoms with Crippen LogP contribution in [0.5, 0.6) is 0 Å². The predicted octanol–water partition coefficient (Wildman–Crippen LogP) is 2.40. The van der Waals surface area contributed by atoms with Gasteiger partial charge in [-0.15, -0.1) is 0 Å². The molecule has 0 aliphatic rings. The third-order valence-corrected chi connectivity index (χ3v) is 3.66. The molecule has 0 spiro atoms. The highest BCUT2D eigenvalue weighted by atomic mass is 32.2. The van der Waals surface area contributed by atoms with Crippen LogP contribution in [0.2, 0.25) is 0 Å². The molecular formula is C12H17N3S. The van der Waals surface area contributed by atoms with Crippen LogP contribution in [0, 0.1) is 0 Å². The Morgan fingerprint density at radius 2 is 2.44 bits per heavy atom. The van der Waals surface area contributed by atoms with Crippen LogP contribution < -0.4 is 5.32 Å². The van der Waals surface area contributed by atoms with Crippen molar-refractivity contribution in [2.24, 2.45) is 0 Å². The third-order valence-electron chi connectivity index (χ3n) is 2.69. The molecule has 1 unspecified atom stereocenters. The summed E-state index contributed by atoms with van der Waals surface area (Å²) in [5.41, 5.74) is 2.26. The SMILES string of the molecule is CSC(C)CNCc1c[nH]c2ncccc12. The minimum Gasteiger partial charge on any atom is -0.346 e. The molecule has 16 heavy (non-hydrogen) atoms. The van der Waals surface area contributed by atoms with Gasteiger partial charge in [0.2, 0.25) is 0 Å². The Balaban J connectivity index is 1.99. The highest BCUT2D eigenvalue weighted by molar-refractivity contribution is 7.99. The van der Waals surface area contributed by atoms with E-state index in [2.05, 4.69) is 34.5 Å². The van der Waals surface area contributed by atoms with E-state index in [4.69, 9.17) is 0 Å². The van der Waals surface area contributed by atoms with Crippen LogP contribution in [0.1, 0.15) is 12.5 Å². The quantitative estimate of drug-likeness (QED) is 0.836. The van der Waals surface area contributed by atoms with E-state index in [0.29, 0.717) is 5.25 Å². The Morgan fingerprint density at radius 1 is 1.56 bits per heavy atom. The van der Waals surface area contributed by atoms with Crippen molar-refractivity contribution in [2.75, 3.05) is 12.8 Å². The van der Waals surface area contributed by atoms with Gasteiger partial charge in [0, 0.05) is 36.1 Å². The molecule has 0 amide bonds. The van der Waals surface area contributed by atoms with Crippen molar-refractivity contribution < 1.29 is 0 Å². The molecule has 2 aromatic rings. The Hall–Kier alpha value is -1.00. The topological polar surface area (TPSA) is 40.7 Å². The van der Waals surface area contributed by atoms with E-state index in [0.717, 1.165) is 18.7 Å². The molecule has 86 valence electrons. The summed E-state index contributed by atoms with van der Waals surface area (Å²) in [7, 11) is 0. The number of rotatable bonds is 5. The van der Waals surface area contributed by atoms with Crippen molar-refractivity contribution >= 4 is 22.8 Å². The van der Waals surface area contributed by atoms with E-state index in [1.54, 1.807) is 0 Å². The lowest BCUT2D eigenvalue weighted by Gasteiger charge is -2.08. The molecule has 0 bridgehead atoms. The minimum absolute atomic E-state index is 0.656. The fraction of sp³-hybridized carbons (Fsp3) is 0.417. The molecule has 3 nitrogen and oxygen atoms in total. The summed E-state index contributed by atoms with van der Waals surface area (Å²) >= 11 is 1.88. The Morgan fingerprint density at radius 3 is 3.25 bits per heavy atom. The Kier molecular flexibility index (Phi) is 3.85. The summed E-state index contributed by atoms with van der Waals surface area (Å²) in [6.07, 6.45) is 5.99. The molecule has 0 aliphatic heterocycles. The zero-order valence-electron chi connectivity index (χ0n) is 9.66. The van der Waals surface area contributed by atoms with E-state index in [1.807, 2.05) is 30.2 Å². The first-order valence-electron chi connectivity index (χ1n) is 5.45. The summed E-state index contributed by atoms with van der Waals surface area (Å²) in [6, 6.07) is 4.08. The van der Waals surface area contributed by atoms with Crippen LogP contribution >= 0.6 is 11.8 Å². The number of aromatic amines is 1. The first-order chi connectivity index (χ1) is 7.81. The molecule has 2 aromatic heterocycles. The molecule has 2 N–H and O–H groups in total. The van der Waals surface area contributed by atoms with Gasteiger partial charge in [0.1, 0.15) is 5.65 Å². The van der Waals surface area contributed by atoms with Gasteiger partial charge in [-0.3, -0.25) is 0 Å². The Bertz CT molecular complexity index is 452. The third kappa shape index (κ3) is 2.57. The number of pyridine rings is 1. The standard InChI is InChI=1S/C12H17N3S/c1-9(16-2)6-13-7-10-8-15-12-11(10)4-3-5-14-12/h3-5,8-9,13H,6-7H2,1-2H3,(H,14,15). The fourth-order valence-corrected chi connectivity index (χ4v) is 1.94. The lowest BCUT2D eigenvalue weighted by Crippen LogP contribution is -2.21. The van der Waals surface area contributed by atoms with Crippen molar-refractivity contribution in [3.05, 3.63) is 30.1 Å². The van der Waals surface area contributed by atoms with Gasteiger partial charge in [-0.25, -0.2) is 4.98 Å². The van der Waals surface area contributed by atoms with Crippen molar-refractivity contribution in [3.63, 3.8) is 0 Å². The second-order valence-corrected chi connectivity index (χ2v) is 5.17. The summed E-state index contributed by atoms with van der Waals surface area (Å²) in [6.45, 7) is 4.17. The number of hydrogen-bond donors (Lipinski definition) is 2. The number of aromatic nitrogens is 2. The maximum Gasteiger partial charge on any atom is 0.137 e. The van der Waals surface area contributed by atoms with Gasteiger partial charge in [0.15, 0.2) is 0 Å². The Labute approximate surface area is 100 Å². The van der Waals surface area contributed by atoms with Crippen LogP contribution in [0.25, 0.3) is 11.0 Å². The van der Waals surface area contributed by atoms with Crippen LogP contribution in [0.4, 0.5) is 0 Å². The molecule has 0 aromatic carbocycles. The summed E-state index contributed by atoms with van der Waals surface area (Å²) in [4.78, 5) is 7.46. The molecule has 0 fully saturated rings. The summed E-state index contributed by atoms with van der Waals surface area (Å²) in [5.74, 6) is 0.